The van der Waals surface area contributed by atoms with Gasteiger partial charge in [0.25, 0.3) is 0 Å². The molecule has 2 nitrogen and oxygen atoms in total. The predicted molar refractivity (Wildman–Crippen MR) is 129 cm³/mol. The molecule has 1 N–H and O–H groups in total. The van der Waals surface area contributed by atoms with Crippen molar-refractivity contribution in [2.45, 2.75) is 44.2 Å². The number of para-hydroxylation sites is 1. The fourth-order valence-corrected chi connectivity index (χ4v) is 5.77. The van der Waals surface area contributed by atoms with E-state index < -0.39 is 14.4 Å². The maximum Gasteiger partial charge on any atom is 0.411 e. The Balaban J connectivity index is 1.69. The van der Waals surface area contributed by atoms with Crippen molar-refractivity contribution < 1.29 is 0 Å². The van der Waals surface area contributed by atoms with E-state index in [0.717, 1.165) is 18.5 Å². The third-order valence-electron chi connectivity index (χ3n) is 5.45. The van der Waals surface area contributed by atoms with E-state index in [4.69, 9.17) is 0 Å². The molecule has 0 spiro atoms. The number of anilines is 1. The van der Waals surface area contributed by atoms with Gasteiger partial charge in [-0.15, -0.1) is 0 Å². The minimum absolute atomic E-state index is 1.00. The molecule has 3 heteroatoms. The van der Waals surface area contributed by atoms with Crippen molar-refractivity contribution >= 4 is 32.0 Å². The number of aryl methyl sites for hydroxylation is 2. The summed E-state index contributed by atoms with van der Waals surface area (Å²) in [6.07, 6.45) is 4.20. The second-order valence-electron chi connectivity index (χ2n) is 7.59. The number of nitrogens with zero attached hydrogens (tertiary/aromatic N) is 1. The number of hydrogen-bond donors (Lipinski definition) is 1. The lowest BCUT2D eigenvalue weighted by molar-refractivity contribution is 1.02. The molecule has 148 valence electrons. The molecular formula is C26H31AlN2. The van der Waals surface area contributed by atoms with Crippen LogP contribution in [0.5, 0.6) is 0 Å². The van der Waals surface area contributed by atoms with Crippen LogP contribution in [0.25, 0.3) is 0 Å². The molecule has 0 atom stereocenters. The molecule has 0 aromatic heterocycles. The molecule has 0 saturated carbocycles. The highest BCUT2D eigenvalue weighted by Gasteiger charge is 2.17. The monoisotopic (exact) mass is 398 g/mol. The van der Waals surface area contributed by atoms with Crippen molar-refractivity contribution in [1.29, 1.82) is 0 Å². The third kappa shape index (κ3) is 6.33. The SMILES string of the molecule is CCc1c(C=Nc2ccccc2)cccc1C[CH2][Al]([CH2]C)[NH]c1ccc(C)cc1. The van der Waals surface area contributed by atoms with Crippen molar-refractivity contribution in [3.63, 3.8) is 0 Å². The van der Waals surface area contributed by atoms with Crippen molar-refractivity contribution in [1.82, 2.24) is 0 Å². The lowest BCUT2D eigenvalue weighted by atomic mass is 9.98. The zero-order valence-electron chi connectivity index (χ0n) is 17.9. The minimum atomic E-state index is -1.02. The summed E-state index contributed by atoms with van der Waals surface area (Å²) in [6, 6.07) is 25.6. The average Bonchev–Trinajstić information content (AvgIpc) is 2.77. The molecule has 0 radical (unpaired) electrons. The van der Waals surface area contributed by atoms with Crippen LogP contribution in [0, 0.1) is 6.92 Å². The topological polar surface area (TPSA) is 24.4 Å². The maximum absolute atomic E-state index is 4.67. The van der Waals surface area contributed by atoms with E-state index in [1.165, 1.54) is 38.5 Å². The second kappa shape index (κ2) is 11.0. The van der Waals surface area contributed by atoms with E-state index in [1.807, 2.05) is 36.5 Å². The Hall–Kier alpha value is -2.34. The van der Waals surface area contributed by atoms with Crippen LogP contribution in [-0.4, -0.2) is 20.6 Å². The van der Waals surface area contributed by atoms with Crippen molar-refractivity contribution in [2.24, 2.45) is 4.99 Å². The van der Waals surface area contributed by atoms with Gasteiger partial charge in [-0.1, -0.05) is 78.5 Å². The fraction of sp³-hybridized carbons (Fsp3) is 0.269. The average molecular weight is 399 g/mol. The van der Waals surface area contributed by atoms with Gasteiger partial charge < -0.3 is 4.30 Å². The first-order valence-electron chi connectivity index (χ1n) is 10.7. The Morgan fingerprint density at radius 2 is 1.66 bits per heavy atom. The van der Waals surface area contributed by atoms with E-state index in [9.17, 15) is 0 Å². The molecule has 0 fully saturated rings. The molecule has 0 aliphatic carbocycles. The van der Waals surface area contributed by atoms with Crippen LogP contribution in [0.2, 0.25) is 10.6 Å². The predicted octanol–water partition coefficient (Wildman–Crippen LogP) is 6.97. The first-order chi connectivity index (χ1) is 14.2. The van der Waals surface area contributed by atoms with E-state index in [2.05, 4.69) is 72.5 Å². The van der Waals surface area contributed by atoms with Crippen LogP contribution in [0.4, 0.5) is 11.4 Å². The number of benzene rings is 3. The number of nitrogens with one attached hydrogen (secondary N) is 1. The van der Waals surface area contributed by atoms with E-state index in [1.54, 1.807) is 0 Å². The molecule has 3 aromatic carbocycles. The smallest absolute Gasteiger partial charge is 0.411 e. The molecule has 3 aromatic rings. The summed E-state index contributed by atoms with van der Waals surface area (Å²) >= 11 is -1.02. The van der Waals surface area contributed by atoms with Crippen LogP contribution in [-0.2, 0) is 12.8 Å². The third-order valence-corrected chi connectivity index (χ3v) is 8.16. The Morgan fingerprint density at radius 1 is 0.897 bits per heavy atom. The normalized spacial score (nSPS) is 11.0. The van der Waals surface area contributed by atoms with Gasteiger partial charge in [-0.3, -0.25) is 4.99 Å². The first kappa shape index (κ1) is 21.4. The van der Waals surface area contributed by atoms with Crippen LogP contribution in [0.3, 0.4) is 0 Å². The molecule has 0 bridgehead atoms. The molecule has 0 saturated heterocycles. The minimum Gasteiger partial charge on any atom is -0.476 e. The van der Waals surface area contributed by atoms with Crippen LogP contribution in [0.15, 0.2) is 77.8 Å². The zero-order chi connectivity index (χ0) is 20.5. The Morgan fingerprint density at radius 3 is 2.34 bits per heavy atom. The second-order valence-corrected chi connectivity index (χ2v) is 10.7. The van der Waals surface area contributed by atoms with Gasteiger partial charge in [-0.05, 0) is 60.7 Å². The Labute approximate surface area is 180 Å². The van der Waals surface area contributed by atoms with Gasteiger partial charge in [0.05, 0.1) is 5.69 Å². The molecule has 3 rings (SSSR count). The van der Waals surface area contributed by atoms with Crippen molar-refractivity contribution in [2.75, 3.05) is 4.30 Å². The first-order valence-corrected chi connectivity index (χ1v) is 12.9. The van der Waals surface area contributed by atoms with Crippen molar-refractivity contribution in [3.05, 3.63) is 95.1 Å². The zero-order valence-corrected chi connectivity index (χ0v) is 19.0. The summed E-state index contributed by atoms with van der Waals surface area (Å²) in [4.78, 5) is 4.67. The van der Waals surface area contributed by atoms with Crippen LogP contribution < -0.4 is 4.30 Å². The summed E-state index contributed by atoms with van der Waals surface area (Å²) < 4.78 is 3.84. The summed E-state index contributed by atoms with van der Waals surface area (Å²) in [5, 5.41) is 2.52. The highest BCUT2D eigenvalue weighted by Crippen LogP contribution is 2.20. The standard InChI is InChI=1S/C17H18N.C7H8N.C2H5.Al/c1-3-14-9-8-10-15(17(14)4-2)13-18-16-11-6-5-7-12-16;1-6-2-4-7(8)5-3-6;1-2;/h5-13H,1,3-4H2,2H3;2-5,8H,1H3;1H2,2H3;/q;-1;;+1. The summed E-state index contributed by atoms with van der Waals surface area (Å²) in [7, 11) is 0. The van der Waals surface area contributed by atoms with Gasteiger partial charge in [0.2, 0.25) is 0 Å². The highest BCUT2D eigenvalue weighted by atomic mass is 27.2. The van der Waals surface area contributed by atoms with E-state index in [-0.39, 0.29) is 0 Å². The quantitative estimate of drug-likeness (QED) is 0.305. The molecule has 0 aliphatic heterocycles. The number of rotatable bonds is 9. The Bertz CT molecular complexity index is 917. The van der Waals surface area contributed by atoms with E-state index in [0.29, 0.717) is 0 Å². The lowest BCUT2D eigenvalue weighted by Crippen LogP contribution is -2.24. The van der Waals surface area contributed by atoms with Crippen LogP contribution >= 0.6 is 0 Å². The lowest BCUT2D eigenvalue weighted by Gasteiger charge is -2.16. The highest BCUT2D eigenvalue weighted by molar-refractivity contribution is 6.62. The molecule has 0 aliphatic rings. The molecule has 29 heavy (non-hydrogen) atoms. The van der Waals surface area contributed by atoms with Gasteiger partial charge in [0.1, 0.15) is 0 Å². The van der Waals surface area contributed by atoms with Gasteiger partial charge in [0.15, 0.2) is 0 Å². The van der Waals surface area contributed by atoms with Crippen LogP contribution in [0.1, 0.15) is 36.1 Å². The molecular weight excluding hydrogens is 367 g/mol. The summed E-state index contributed by atoms with van der Waals surface area (Å²) in [5.41, 5.74) is 7.74. The van der Waals surface area contributed by atoms with Gasteiger partial charge >= 0.3 is 14.4 Å². The summed E-state index contributed by atoms with van der Waals surface area (Å²) in [6.45, 7) is 6.71. The number of hydrogen-bond acceptors (Lipinski definition) is 2. The fourth-order valence-electron chi connectivity index (χ4n) is 3.69. The molecule has 0 heterocycles. The number of aliphatic imine (C=N–C) groups is 1. The summed E-state index contributed by atoms with van der Waals surface area (Å²) in [5.74, 6) is 0. The van der Waals surface area contributed by atoms with E-state index >= 15 is 0 Å². The largest absolute Gasteiger partial charge is 0.476 e. The molecule has 0 amide bonds. The van der Waals surface area contributed by atoms with Gasteiger partial charge in [-0.2, -0.15) is 0 Å². The molecule has 0 unspecified atom stereocenters. The Kier molecular flexibility index (Phi) is 8.11. The maximum atomic E-state index is 4.67. The van der Waals surface area contributed by atoms with Gasteiger partial charge in [0, 0.05) is 11.9 Å². The van der Waals surface area contributed by atoms with Gasteiger partial charge in [-0.25, -0.2) is 0 Å². The van der Waals surface area contributed by atoms with Crippen molar-refractivity contribution in [3.8, 4) is 0 Å².